The zero-order valence-corrected chi connectivity index (χ0v) is 8.55. The molecule has 0 saturated heterocycles. The number of nitrogens with one attached hydrogen (secondary N) is 1. The fourth-order valence-corrected chi connectivity index (χ4v) is 2.12. The Kier molecular flexibility index (Phi) is 3.72. The Labute approximate surface area is 80.1 Å². The van der Waals surface area contributed by atoms with Gasteiger partial charge >= 0.3 is 0 Å². The van der Waals surface area contributed by atoms with Crippen molar-refractivity contribution < 1.29 is 4.79 Å². The van der Waals surface area contributed by atoms with Gasteiger partial charge in [0.05, 0.1) is 0 Å². The van der Waals surface area contributed by atoms with Crippen LogP contribution in [0, 0.1) is 5.92 Å². The number of rotatable bonds is 4. The highest BCUT2D eigenvalue weighted by Crippen LogP contribution is 2.25. The van der Waals surface area contributed by atoms with E-state index >= 15 is 0 Å². The molecule has 0 radical (unpaired) electrons. The van der Waals surface area contributed by atoms with Crippen LogP contribution in [0.3, 0.4) is 0 Å². The highest BCUT2D eigenvalue weighted by molar-refractivity contribution is 5.74. The van der Waals surface area contributed by atoms with Gasteiger partial charge in [-0.1, -0.05) is 13.3 Å². The van der Waals surface area contributed by atoms with Gasteiger partial charge in [-0.2, -0.15) is 0 Å². The number of nitrogens with two attached hydrogens (primary N) is 1. The first kappa shape index (κ1) is 10.5. The quantitative estimate of drug-likeness (QED) is 0.685. The number of carbonyl (C=O) groups is 1. The van der Waals surface area contributed by atoms with Crippen molar-refractivity contribution >= 4 is 5.91 Å². The van der Waals surface area contributed by atoms with E-state index in [-0.39, 0.29) is 11.9 Å². The second-order valence-corrected chi connectivity index (χ2v) is 4.25. The Morgan fingerprint density at radius 1 is 1.62 bits per heavy atom. The average Bonchev–Trinajstić information content (AvgIpc) is 2.34. The largest absolute Gasteiger partial charge is 0.370 e. The first-order chi connectivity index (χ1) is 6.09. The Hall–Kier alpha value is -0.570. The van der Waals surface area contributed by atoms with Crippen LogP contribution in [0.5, 0.6) is 0 Å². The molecular formula is C10H20N2O. The fourth-order valence-electron chi connectivity index (χ4n) is 2.12. The van der Waals surface area contributed by atoms with Gasteiger partial charge in [-0.05, 0) is 25.7 Å². The highest BCUT2D eigenvalue weighted by Gasteiger charge is 2.24. The summed E-state index contributed by atoms with van der Waals surface area (Å²) in [4.78, 5) is 10.6. The van der Waals surface area contributed by atoms with Crippen molar-refractivity contribution in [1.82, 2.24) is 5.32 Å². The molecule has 1 rings (SSSR count). The topological polar surface area (TPSA) is 55.1 Å². The van der Waals surface area contributed by atoms with Gasteiger partial charge < -0.3 is 11.1 Å². The smallest absolute Gasteiger partial charge is 0.218 e. The molecule has 76 valence electrons. The minimum Gasteiger partial charge on any atom is -0.370 e. The van der Waals surface area contributed by atoms with E-state index in [1.165, 1.54) is 19.3 Å². The molecule has 13 heavy (non-hydrogen) atoms. The third-order valence-corrected chi connectivity index (χ3v) is 2.87. The second-order valence-electron chi connectivity index (χ2n) is 4.25. The summed E-state index contributed by atoms with van der Waals surface area (Å²) >= 11 is 0. The lowest BCUT2D eigenvalue weighted by Crippen LogP contribution is -2.40. The van der Waals surface area contributed by atoms with Crippen molar-refractivity contribution in [2.45, 2.75) is 51.6 Å². The third-order valence-electron chi connectivity index (χ3n) is 2.87. The molecule has 0 aromatic rings. The summed E-state index contributed by atoms with van der Waals surface area (Å²) in [5, 5.41) is 3.46. The predicted octanol–water partition coefficient (Wildman–Crippen LogP) is 1.03. The van der Waals surface area contributed by atoms with Crippen LogP contribution in [0.2, 0.25) is 0 Å². The fraction of sp³-hybridized carbons (Fsp3) is 0.900. The molecule has 0 aromatic carbocycles. The van der Waals surface area contributed by atoms with Gasteiger partial charge in [0, 0.05) is 18.5 Å². The monoisotopic (exact) mass is 184 g/mol. The van der Waals surface area contributed by atoms with Crippen molar-refractivity contribution in [1.29, 1.82) is 0 Å². The van der Waals surface area contributed by atoms with Crippen LogP contribution in [0.25, 0.3) is 0 Å². The summed E-state index contributed by atoms with van der Waals surface area (Å²) in [6, 6.07) is 0.817. The summed E-state index contributed by atoms with van der Waals surface area (Å²) in [7, 11) is 0. The lowest BCUT2D eigenvalue weighted by atomic mass is 10.0. The van der Waals surface area contributed by atoms with Gasteiger partial charge in [0.1, 0.15) is 0 Å². The van der Waals surface area contributed by atoms with Crippen molar-refractivity contribution in [2.75, 3.05) is 0 Å². The van der Waals surface area contributed by atoms with E-state index in [1.807, 2.05) is 6.92 Å². The molecule has 3 unspecified atom stereocenters. The van der Waals surface area contributed by atoms with E-state index in [4.69, 9.17) is 5.73 Å². The van der Waals surface area contributed by atoms with Crippen LogP contribution < -0.4 is 11.1 Å². The number of hydrogen-bond acceptors (Lipinski definition) is 2. The lowest BCUT2D eigenvalue weighted by Gasteiger charge is -2.21. The molecule has 1 aliphatic rings. The summed E-state index contributed by atoms with van der Waals surface area (Å²) in [6.45, 7) is 4.29. The molecule has 3 atom stereocenters. The molecule has 0 aromatic heterocycles. The van der Waals surface area contributed by atoms with E-state index < -0.39 is 0 Å². The number of amides is 1. The maximum Gasteiger partial charge on any atom is 0.218 e. The van der Waals surface area contributed by atoms with E-state index in [9.17, 15) is 4.79 Å². The van der Waals surface area contributed by atoms with Crippen molar-refractivity contribution in [3.05, 3.63) is 0 Å². The summed E-state index contributed by atoms with van der Waals surface area (Å²) < 4.78 is 0. The molecule has 1 fully saturated rings. The molecule has 1 aliphatic carbocycles. The lowest BCUT2D eigenvalue weighted by molar-refractivity contribution is -0.118. The zero-order chi connectivity index (χ0) is 9.84. The maximum absolute atomic E-state index is 10.6. The van der Waals surface area contributed by atoms with E-state index in [0.717, 1.165) is 5.92 Å². The van der Waals surface area contributed by atoms with Crippen molar-refractivity contribution in [3.8, 4) is 0 Å². The zero-order valence-electron chi connectivity index (χ0n) is 8.55. The Morgan fingerprint density at radius 3 is 2.77 bits per heavy atom. The van der Waals surface area contributed by atoms with Gasteiger partial charge in [-0.25, -0.2) is 0 Å². The maximum atomic E-state index is 10.6. The molecular weight excluding hydrogens is 164 g/mol. The summed E-state index contributed by atoms with van der Waals surface area (Å²) in [6.07, 6.45) is 4.30. The normalized spacial score (nSPS) is 30.3. The number of primary amides is 1. The standard InChI is InChI=1S/C10H20N2O/c1-7-4-3-5-9(7)12-8(2)6-10(11)13/h7-9,12H,3-6H2,1-2H3,(H2,11,13). The molecule has 0 heterocycles. The van der Waals surface area contributed by atoms with Crippen molar-refractivity contribution in [2.24, 2.45) is 11.7 Å². The van der Waals surface area contributed by atoms with E-state index in [0.29, 0.717) is 12.5 Å². The number of hydrogen-bond donors (Lipinski definition) is 2. The van der Waals surface area contributed by atoms with Crippen LogP contribution in [0.4, 0.5) is 0 Å². The van der Waals surface area contributed by atoms with Crippen molar-refractivity contribution in [3.63, 3.8) is 0 Å². The Bertz CT molecular complexity index is 182. The average molecular weight is 184 g/mol. The molecule has 3 N–H and O–H groups in total. The first-order valence-corrected chi connectivity index (χ1v) is 5.14. The van der Waals surface area contributed by atoms with E-state index in [1.54, 1.807) is 0 Å². The highest BCUT2D eigenvalue weighted by atomic mass is 16.1. The SMILES string of the molecule is CC(CC(N)=O)NC1CCCC1C. The van der Waals surface area contributed by atoms with Gasteiger partial charge in [0.15, 0.2) is 0 Å². The summed E-state index contributed by atoms with van der Waals surface area (Å²) in [5.74, 6) is 0.529. The van der Waals surface area contributed by atoms with Crippen LogP contribution in [-0.4, -0.2) is 18.0 Å². The molecule has 0 bridgehead atoms. The van der Waals surface area contributed by atoms with Crippen LogP contribution in [0.15, 0.2) is 0 Å². The Balaban J connectivity index is 2.26. The van der Waals surface area contributed by atoms with Crippen LogP contribution >= 0.6 is 0 Å². The molecule has 1 amide bonds. The van der Waals surface area contributed by atoms with Gasteiger partial charge in [-0.3, -0.25) is 4.79 Å². The van der Waals surface area contributed by atoms with Crippen LogP contribution in [0.1, 0.15) is 39.5 Å². The third kappa shape index (κ3) is 3.35. The predicted molar refractivity (Wildman–Crippen MR) is 53.2 cm³/mol. The van der Waals surface area contributed by atoms with Crippen LogP contribution in [-0.2, 0) is 4.79 Å². The minimum atomic E-state index is -0.217. The Morgan fingerprint density at radius 2 is 2.31 bits per heavy atom. The van der Waals surface area contributed by atoms with E-state index in [2.05, 4.69) is 12.2 Å². The second kappa shape index (κ2) is 4.61. The number of carbonyl (C=O) groups excluding carboxylic acids is 1. The van der Waals surface area contributed by atoms with Gasteiger partial charge in [0.25, 0.3) is 0 Å². The molecule has 0 spiro atoms. The molecule has 3 nitrogen and oxygen atoms in total. The summed E-state index contributed by atoms with van der Waals surface area (Å²) in [5.41, 5.74) is 5.12. The molecule has 3 heteroatoms. The molecule has 1 saturated carbocycles. The van der Waals surface area contributed by atoms with Gasteiger partial charge in [0.2, 0.25) is 5.91 Å². The minimum absolute atomic E-state index is 0.217. The first-order valence-electron chi connectivity index (χ1n) is 5.14. The molecule has 0 aliphatic heterocycles. The van der Waals surface area contributed by atoms with Gasteiger partial charge in [-0.15, -0.1) is 0 Å².